The molecule has 0 aliphatic heterocycles. The van der Waals surface area contributed by atoms with Crippen LogP contribution >= 0.6 is 11.3 Å². The van der Waals surface area contributed by atoms with Gasteiger partial charge in [-0.3, -0.25) is 0 Å². The van der Waals surface area contributed by atoms with Crippen molar-refractivity contribution in [3.8, 4) is 22.4 Å². The van der Waals surface area contributed by atoms with Crippen LogP contribution in [0, 0.1) is 0 Å². The van der Waals surface area contributed by atoms with E-state index in [0.29, 0.717) is 11.8 Å². The Bertz CT molecular complexity index is 1850. The number of aryl methyl sites for hydroxylation is 1. The van der Waals surface area contributed by atoms with Gasteiger partial charge in [0.25, 0.3) is 0 Å². The van der Waals surface area contributed by atoms with E-state index in [1.165, 1.54) is 22.3 Å². The van der Waals surface area contributed by atoms with Crippen molar-refractivity contribution in [2.75, 3.05) is 42.3 Å². The molecule has 6 aromatic rings. The van der Waals surface area contributed by atoms with E-state index in [2.05, 4.69) is 141 Å². The van der Waals surface area contributed by atoms with Crippen LogP contribution in [0.4, 0.5) is 5.69 Å². The first kappa shape index (κ1) is 44.8. The SMILES string of the molecule is CCc1oc2ccccc2c1-c1csc(C([N-]c2c(C(C)C)cccc2C(C)C)c2ccccc2-c2ccccc2)n1.C[N-]C.C[N-]C.C[N-]C.[Hf+4]. The molecule has 0 radical (unpaired) electrons. The third kappa shape index (κ3) is 11.5. The summed E-state index contributed by atoms with van der Waals surface area (Å²) >= 11 is 1.68. The van der Waals surface area contributed by atoms with Crippen LogP contribution in [0.3, 0.4) is 0 Å². The summed E-state index contributed by atoms with van der Waals surface area (Å²) in [5.74, 6) is 1.67. The predicted octanol–water partition coefficient (Wildman–Crippen LogP) is 13.7. The monoisotopic (exact) mass is 881 g/mol. The summed E-state index contributed by atoms with van der Waals surface area (Å²) in [5.41, 5.74) is 10.1. The van der Waals surface area contributed by atoms with E-state index in [1.54, 1.807) is 53.6 Å². The number of hydrogen-bond donors (Lipinski definition) is 0. The smallest absolute Gasteiger partial charge is 0.672 e. The van der Waals surface area contributed by atoms with Crippen molar-refractivity contribution in [1.82, 2.24) is 4.98 Å². The third-order valence-corrected chi connectivity index (χ3v) is 8.84. The van der Waals surface area contributed by atoms with Gasteiger partial charge in [0.15, 0.2) is 0 Å². The van der Waals surface area contributed by atoms with Gasteiger partial charge in [0, 0.05) is 17.2 Å². The maximum Gasteiger partial charge on any atom is 4.00 e. The molecular weight excluding hydrogens is 825 g/mol. The van der Waals surface area contributed by atoms with Gasteiger partial charge in [-0.15, -0.1) is 17.0 Å². The zero-order valence-electron chi connectivity index (χ0n) is 32.8. The van der Waals surface area contributed by atoms with E-state index in [0.717, 1.165) is 50.7 Å². The van der Waals surface area contributed by atoms with Crippen LogP contribution in [-0.2, 0) is 32.3 Å². The van der Waals surface area contributed by atoms with Crippen molar-refractivity contribution in [3.05, 3.63) is 151 Å². The molecule has 52 heavy (non-hydrogen) atoms. The molecule has 2 aromatic heterocycles. The predicted molar refractivity (Wildman–Crippen MR) is 224 cm³/mol. The minimum atomic E-state index is -0.263. The normalized spacial score (nSPS) is 11.0. The Morgan fingerprint density at radius 1 is 0.654 bits per heavy atom. The first-order valence-electron chi connectivity index (χ1n) is 17.6. The van der Waals surface area contributed by atoms with Crippen molar-refractivity contribution in [1.29, 1.82) is 0 Å². The standard InChI is InChI=1S/C38H37N2OS.3C2H6N.Hf/c1-6-33-35(31-19-12-13-22-34(31)41-33)32-23-42-38(39-32)37(30-18-11-10-17-29(30)26-15-8-7-9-16-26)40-36-27(24(2)3)20-14-21-28(36)25(4)5;3*1-3-2;/h7-25,37H,6H2,1-5H3;3*1-2H3;/q4*-1;+4. The summed E-state index contributed by atoms with van der Waals surface area (Å²) in [6, 6.07) is 33.9. The van der Waals surface area contributed by atoms with E-state index in [4.69, 9.17) is 14.7 Å². The molecule has 0 saturated carbocycles. The topological polar surface area (TPSA) is 82.4 Å². The first-order chi connectivity index (χ1) is 24.7. The molecule has 0 bridgehead atoms. The van der Waals surface area contributed by atoms with Crippen molar-refractivity contribution in [2.45, 2.75) is 58.9 Å². The number of aromatic nitrogens is 1. The van der Waals surface area contributed by atoms with Crippen LogP contribution < -0.4 is 0 Å². The number of para-hydroxylation sites is 2. The number of thiazole rings is 1. The summed E-state index contributed by atoms with van der Waals surface area (Å²) in [5, 5.41) is 20.4. The Hall–Kier alpha value is -3.40. The summed E-state index contributed by atoms with van der Waals surface area (Å²) in [7, 11) is 10.5. The molecule has 0 spiro atoms. The quantitative estimate of drug-likeness (QED) is 0.136. The van der Waals surface area contributed by atoms with Crippen LogP contribution in [0.25, 0.3) is 54.6 Å². The molecule has 0 aliphatic carbocycles. The molecule has 1 unspecified atom stereocenters. The second-order valence-corrected chi connectivity index (χ2v) is 13.6. The fourth-order valence-corrected chi connectivity index (χ4v) is 6.68. The molecule has 0 amide bonds. The van der Waals surface area contributed by atoms with Gasteiger partial charge in [-0.25, -0.2) is 4.98 Å². The summed E-state index contributed by atoms with van der Waals surface area (Å²) in [6.07, 6.45) is 0.807. The van der Waals surface area contributed by atoms with E-state index < -0.39 is 0 Å². The maximum absolute atomic E-state index is 6.26. The summed E-state index contributed by atoms with van der Waals surface area (Å²) in [6.45, 7) is 11.2. The number of benzene rings is 4. The average molecular weight is 881 g/mol. The van der Waals surface area contributed by atoms with Crippen LogP contribution in [0.1, 0.15) is 80.0 Å². The van der Waals surface area contributed by atoms with Gasteiger partial charge in [0.1, 0.15) is 11.3 Å². The average Bonchev–Trinajstić information content (AvgIpc) is 3.76. The number of nitrogens with zero attached hydrogens (tertiary/aromatic N) is 5. The van der Waals surface area contributed by atoms with Crippen molar-refractivity contribution < 1.29 is 30.3 Å². The molecule has 0 N–H and O–H groups in total. The molecule has 4 aromatic carbocycles. The molecule has 6 rings (SSSR count). The van der Waals surface area contributed by atoms with E-state index >= 15 is 0 Å². The van der Waals surface area contributed by atoms with Gasteiger partial charge in [0.05, 0.1) is 16.3 Å². The Labute approximate surface area is 336 Å². The number of rotatable bonds is 9. The minimum Gasteiger partial charge on any atom is -0.672 e. The second-order valence-electron chi connectivity index (χ2n) is 12.7. The number of fused-ring (bicyclic) bond motifs is 1. The Morgan fingerprint density at radius 2 is 1.17 bits per heavy atom. The van der Waals surface area contributed by atoms with Crippen LogP contribution in [0.5, 0.6) is 0 Å². The Morgan fingerprint density at radius 3 is 1.75 bits per heavy atom. The fraction of sp³-hybridized carbons (Fsp3) is 0.341. The zero-order chi connectivity index (χ0) is 37.3. The summed E-state index contributed by atoms with van der Waals surface area (Å²) in [4.78, 5) is 5.33. The number of furan rings is 1. The molecule has 2 heterocycles. The fourth-order valence-electron chi connectivity index (χ4n) is 5.82. The molecule has 6 nitrogen and oxygen atoms in total. The molecular formula is C44H55HfN5OS. The van der Waals surface area contributed by atoms with Gasteiger partial charge in [-0.1, -0.05) is 137 Å². The van der Waals surface area contributed by atoms with E-state index in [9.17, 15) is 0 Å². The van der Waals surface area contributed by atoms with Crippen LogP contribution in [-0.4, -0.2) is 47.3 Å². The van der Waals surface area contributed by atoms with Crippen molar-refractivity contribution >= 4 is 28.0 Å². The molecule has 272 valence electrons. The Kier molecular flexibility index (Phi) is 20.1. The van der Waals surface area contributed by atoms with Crippen LogP contribution in [0.15, 0.2) is 107 Å². The molecule has 1 atom stereocenters. The molecule has 0 fully saturated rings. The summed E-state index contributed by atoms with van der Waals surface area (Å²) < 4.78 is 6.26. The van der Waals surface area contributed by atoms with Crippen molar-refractivity contribution in [3.63, 3.8) is 0 Å². The van der Waals surface area contributed by atoms with Gasteiger partial charge in [-0.2, -0.15) is 42.3 Å². The molecule has 8 heteroatoms. The first-order valence-corrected chi connectivity index (χ1v) is 18.5. The van der Waals surface area contributed by atoms with E-state index in [-0.39, 0.29) is 31.9 Å². The molecule has 0 aliphatic rings. The number of hydrogen-bond acceptors (Lipinski definition) is 3. The minimum absolute atomic E-state index is 0. The zero-order valence-corrected chi connectivity index (χ0v) is 37.2. The van der Waals surface area contributed by atoms with Gasteiger partial charge < -0.3 is 25.7 Å². The molecule has 0 saturated heterocycles. The van der Waals surface area contributed by atoms with Crippen LogP contribution in [0.2, 0.25) is 0 Å². The Balaban J connectivity index is 0.000000852. The third-order valence-electron chi connectivity index (χ3n) is 7.94. The maximum atomic E-state index is 6.26. The largest absolute Gasteiger partial charge is 4.00 e. The van der Waals surface area contributed by atoms with Gasteiger partial charge in [0.2, 0.25) is 0 Å². The van der Waals surface area contributed by atoms with Gasteiger partial charge >= 0.3 is 25.8 Å². The van der Waals surface area contributed by atoms with Gasteiger partial charge in [-0.05, 0) is 40.6 Å². The second kappa shape index (κ2) is 23.3. The van der Waals surface area contributed by atoms with E-state index in [1.807, 2.05) is 12.1 Å². The van der Waals surface area contributed by atoms with Crippen molar-refractivity contribution in [2.24, 2.45) is 0 Å².